The fourth-order valence-electron chi connectivity index (χ4n) is 9.22. The minimum Gasteiger partial charge on any atom is -0.481 e. The lowest BCUT2D eigenvalue weighted by atomic mass is 9.46. The SMILES string of the molecule is CCC(CC[C@@H](C)[C@H]1CC[C@H]2[C@@H]3CCC4=CC(=O)CC[C@]4(C)[C@H]3CC[C@]12C)C(C)C(=O)O. The number of hydrogen-bond acceptors (Lipinski definition) is 2. The summed E-state index contributed by atoms with van der Waals surface area (Å²) in [6.07, 6.45) is 14.9. The van der Waals surface area contributed by atoms with Crippen LogP contribution in [0.25, 0.3) is 0 Å². The van der Waals surface area contributed by atoms with E-state index < -0.39 is 5.97 Å². The highest BCUT2D eigenvalue weighted by molar-refractivity contribution is 5.91. The Bertz CT molecular complexity index is 768. The molecule has 3 saturated carbocycles. The molecule has 4 rings (SSSR count). The molecule has 0 aromatic heterocycles. The molecule has 180 valence electrons. The highest BCUT2D eigenvalue weighted by Crippen LogP contribution is 2.67. The van der Waals surface area contributed by atoms with Crippen molar-refractivity contribution in [2.45, 2.75) is 105 Å². The molecule has 4 aliphatic rings. The third-order valence-corrected chi connectivity index (χ3v) is 11.3. The molecule has 0 bridgehead atoms. The number of allylic oxidation sites excluding steroid dienone is 1. The zero-order valence-corrected chi connectivity index (χ0v) is 21.2. The van der Waals surface area contributed by atoms with Gasteiger partial charge < -0.3 is 5.11 Å². The second kappa shape index (κ2) is 8.91. The summed E-state index contributed by atoms with van der Waals surface area (Å²) in [5, 5.41) is 9.46. The smallest absolute Gasteiger partial charge is 0.306 e. The molecule has 3 nitrogen and oxygen atoms in total. The predicted octanol–water partition coefficient (Wildman–Crippen LogP) is 7.30. The monoisotopic (exact) mass is 442 g/mol. The van der Waals surface area contributed by atoms with E-state index in [0.717, 1.165) is 55.8 Å². The molecule has 0 heterocycles. The van der Waals surface area contributed by atoms with Crippen LogP contribution in [0.3, 0.4) is 0 Å². The number of aliphatic carboxylic acids is 1. The van der Waals surface area contributed by atoms with Crippen LogP contribution in [-0.2, 0) is 9.59 Å². The minimum atomic E-state index is -0.639. The van der Waals surface area contributed by atoms with Crippen molar-refractivity contribution >= 4 is 11.8 Å². The maximum atomic E-state index is 12.1. The van der Waals surface area contributed by atoms with Gasteiger partial charge >= 0.3 is 5.97 Å². The molecule has 0 radical (unpaired) electrons. The molecule has 0 aliphatic heterocycles. The molecule has 2 unspecified atom stereocenters. The Kier molecular flexibility index (Phi) is 6.69. The Balaban J connectivity index is 1.45. The first-order valence-electron chi connectivity index (χ1n) is 13.6. The molecule has 0 aromatic rings. The summed E-state index contributed by atoms with van der Waals surface area (Å²) in [5.74, 6) is 3.68. The van der Waals surface area contributed by atoms with Gasteiger partial charge in [-0.25, -0.2) is 0 Å². The van der Waals surface area contributed by atoms with E-state index in [2.05, 4.69) is 27.7 Å². The molecule has 0 amide bonds. The molecule has 9 atom stereocenters. The van der Waals surface area contributed by atoms with Crippen LogP contribution in [0.4, 0.5) is 0 Å². The maximum absolute atomic E-state index is 12.1. The molecule has 32 heavy (non-hydrogen) atoms. The van der Waals surface area contributed by atoms with Gasteiger partial charge in [-0.15, -0.1) is 0 Å². The fraction of sp³-hybridized carbons (Fsp3) is 0.862. The van der Waals surface area contributed by atoms with Gasteiger partial charge in [-0.1, -0.05) is 53.0 Å². The summed E-state index contributed by atoms with van der Waals surface area (Å²) in [7, 11) is 0. The van der Waals surface area contributed by atoms with E-state index in [0.29, 0.717) is 23.0 Å². The van der Waals surface area contributed by atoms with Crippen molar-refractivity contribution in [2.75, 3.05) is 0 Å². The second-order valence-corrected chi connectivity index (χ2v) is 12.5. The topological polar surface area (TPSA) is 54.4 Å². The first-order valence-corrected chi connectivity index (χ1v) is 13.6. The van der Waals surface area contributed by atoms with E-state index in [1.807, 2.05) is 13.0 Å². The Morgan fingerprint density at radius 2 is 1.81 bits per heavy atom. The lowest BCUT2D eigenvalue weighted by Gasteiger charge is -2.58. The molecule has 0 aromatic carbocycles. The molecule has 3 heteroatoms. The van der Waals surface area contributed by atoms with Gasteiger partial charge in [0.15, 0.2) is 5.78 Å². The van der Waals surface area contributed by atoms with Gasteiger partial charge in [0.25, 0.3) is 0 Å². The average molecular weight is 443 g/mol. The molecule has 0 saturated heterocycles. The summed E-state index contributed by atoms with van der Waals surface area (Å²) in [6, 6.07) is 0. The number of hydrogen-bond donors (Lipinski definition) is 1. The van der Waals surface area contributed by atoms with Crippen LogP contribution in [0, 0.1) is 52.3 Å². The zero-order chi connectivity index (χ0) is 23.3. The molecule has 4 aliphatic carbocycles. The van der Waals surface area contributed by atoms with Crippen molar-refractivity contribution in [1.82, 2.24) is 0 Å². The summed E-state index contributed by atoms with van der Waals surface area (Å²) >= 11 is 0. The largest absolute Gasteiger partial charge is 0.481 e. The lowest BCUT2D eigenvalue weighted by molar-refractivity contribution is -0.143. The number of carboxylic acid groups (broad SMARTS) is 1. The number of carboxylic acids is 1. The van der Waals surface area contributed by atoms with Crippen LogP contribution in [0.1, 0.15) is 105 Å². The standard InChI is InChI=1S/C29H46O3/c1-6-20(19(3)27(31)32)8-7-18(2)24-11-12-25-23-10-9-21-17-22(30)13-15-28(21,4)26(23)14-16-29(24,25)5/h17-20,23-26H,6-16H2,1-5H3,(H,31,32)/t18-,19?,20?,23+,24-,25+,26+,28+,29-/m1/s1. The highest BCUT2D eigenvalue weighted by Gasteiger charge is 2.59. The van der Waals surface area contributed by atoms with Gasteiger partial charge in [0.05, 0.1) is 5.92 Å². The van der Waals surface area contributed by atoms with Crippen molar-refractivity contribution in [2.24, 2.45) is 52.3 Å². The van der Waals surface area contributed by atoms with E-state index in [4.69, 9.17) is 0 Å². The van der Waals surface area contributed by atoms with Gasteiger partial charge in [-0.3, -0.25) is 9.59 Å². The second-order valence-electron chi connectivity index (χ2n) is 12.5. The third kappa shape index (κ3) is 3.90. The van der Waals surface area contributed by atoms with Crippen LogP contribution in [-0.4, -0.2) is 16.9 Å². The molecular weight excluding hydrogens is 396 g/mol. The van der Waals surface area contributed by atoms with Crippen molar-refractivity contribution < 1.29 is 14.7 Å². The minimum absolute atomic E-state index is 0.234. The van der Waals surface area contributed by atoms with E-state index in [-0.39, 0.29) is 11.3 Å². The number of rotatable bonds is 7. The third-order valence-electron chi connectivity index (χ3n) is 11.3. The molecule has 3 fully saturated rings. The number of ketones is 1. The van der Waals surface area contributed by atoms with Crippen LogP contribution < -0.4 is 0 Å². The van der Waals surface area contributed by atoms with Crippen LogP contribution in [0.15, 0.2) is 11.6 Å². The molecule has 0 spiro atoms. The first kappa shape index (κ1) is 24.0. The summed E-state index contributed by atoms with van der Waals surface area (Å²) in [4.78, 5) is 23.6. The van der Waals surface area contributed by atoms with Crippen LogP contribution in [0.2, 0.25) is 0 Å². The number of carbonyl (C=O) groups excluding carboxylic acids is 1. The summed E-state index contributed by atoms with van der Waals surface area (Å²) in [6.45, 7) is 11.6. The van der Waals surface area contributed by atoms with Crippen molar-refractivity contribution in [3.8, 4) is 0 Å². The average Bonchev–Trinajstić information content (AvgIpc) is 3.11. The van der Waals surface area contributed by atoms with Crippen molar-refractivity contribution in [3.05, 3.63) is 11.6 Å². The lowest BCUT2D eigenvalue weighted by Crippen LogP contribution is -2.51. The van der Waals surface area contributed by atoms with Crippen LogP contribution in [0.5, 0.6) is 0 Å². The summed E-state index contributed by atoms with van der Waals surface area (Å²) < 4.78 is 0. The Hall–Kier alpha value is -1.12. The van der Waals surface area contributed by atoms with E-state index in [1.165, 1.54) is 44.1 Å². The summed E-state index contributed by atoms with van der Waals surface area (Å²) in [5.41, 5.74) is 2.19. The van der Waals surface area contributed by atoms with E-state index >= 15 is 0 Å². The van der Waals surface area contributed by atoms with Gasteiger partial charge in [-0.2, -0.15) is 0 Å². The maximum Gasteiger partial charge on any atom is 0.306 e. The van der Waals surface area contributed by atoms with Crippen molar-refractivity contribution in [1.29, 1.82) is 0 Å². The van der Waals surface area contributed by atoms with E-state index in [9.17, 15) is 14.7 Å². The van der Waals surface area contributed by atoms with Gasteiger partial charge in [0, 0.05) is 6.42 Å². The number of carbonyl (C=O) groups is 2. The van der Waals surface area contributed by atoms with Crippen LogP contribution >= 0.6 is 0 Å². The highest BCUT2D eigenvalue weighted by atomic mass is 16.4. The van der Waals surface area contributed by atoms with Crippen molar-refractivity contribution in [3.63, 3.8) is 0 Å². The normalized spacial score (nSPS) is 41.7. The number of fused-ring (bicyclic) bond motifs is 5. The predicted molar refractivity (Wildman–Crippen MR) is 129 cm³/mol. The first-order chi connectivity index (χ1) is 15.1. The Morgan fingerprint density at radius 3 is 2.50 bits per heavy atom. The van der Waals surface area contributed by atoms with E-state index in [1.54, 1.807) is 0 Å². The van der Waals surface area contributed by atoms with Gasteiger partial charge in [0.1, 0.15) is 0 Å². The molecular formula is C29H46O3. The Morgan fingerprint density at radius 1 is 1.06 bits per heavy atom. The van der Waals surface area contributed by atoms with Gasteiger partial charge in [0.2, 0.25) is 0 Å². The fourth-order valence-corrected chi connectivity index (χ4v) is 9.22. The quantitative estimate of drug-likeness (QED) is 0.450. The van der Waals surface area contributed by atoms with Gasteiger partial charge in [-0.05, 0) is 104 Å². The molecule has 1 N–H and O–H groups in total. The zero-order valence-electron chi connectivity index (χ0n) is 21.2. The Labute approximate surface area is 195 Å².